The smallest absolute Gasteiger partial charge is 0.214 e. The fraction of sp³-hybridized carbons (Fsp3) is 0.600. The standard InChI is InChI=1S/C15H23N3O3S/c1-3-15(6-8-16-9-7-15)11-18(12-19)13-4-5-14(17-10-13)22(2,20)21/h4-5,10,12,16H,3,6-9,11H2,1-2H3. The topological polar surface area (TPSA) is 79.4 Å². The first-order chi connectivity index (χ1) is 10.4. The van der Waals surface area contributed by atoms with Crippen molar-refractivity contribution >= 4 is 21.9 Å². The molecule has 0 unspecified atom stereocenters. The van der Waals surface area contributed by atoms with Crippen LogP contribution in [0.2, 0.25) is 0 Å². The molecule has 1 amide bonds. The summed E-state index contributed by atoms with van der Waals surface area (Å²) in [4.78, 5) is 17.1. The molecule has 2 heterocycles. The van der Waals surface area contributed by atoms with Gasteiger partial charge in [-0.2, -0.15) is 0 Å². The number of nitrogens with zero attached hydrogens (tertiary/aromatic N) is 2. The molecule has 0 radical (unpaired) electrons. The maximum absolute atomic E-state index is 11.5. The van der Waals surface area contributed by atoms with Gasteiger partial charge in [0.05, 0.1) is 11.9 Å². The summed E-state index contributed by atoms with van der Waals surface area (Å²) in [7, 11) is -3.32. The van der Waals surface area contributed by atoms with Gasteiger partial charge < -0.3 is 10.2 Å². The molecule has 0 atom stereocenters. The quantitative estimate of drug-likeness (QED) is 0.796. The van der Waals surface area contributed by atoms with Crippen LogP contribution >= 0.6 is 0 Å². The monoisotopic (exact) mass is 325 g/mol. The van der Waals surface area contributed by atoms with Crippen LogP contribution in [-0.2, 0) is 14.6 Å². The summed E-state index contributed by atoms with van der Waals surface area (Å²) in [5.41, 5.74) is 0.746. The van der Waals surface area contributed by atoms with Gasteiger partial charge in [0.15, 0.2) is 14.9 Å². The number of anilines is 1. The molecule has 1 N–H and O–H groups in total. The summed E-state index contributed by atoms with van der Waals surface area (Å²) in [6, 6.07) is 3.09. The second kappa shape index (κ2) is 6.75. The molecule has 122 valence electrons. The molecule has 1 fully saturated rings. The van der Waals surface area contributed by atoms with Crippen LogP contribution in [0.25, 0.3) is 0 Å². The van der Waals surface area contributed by atoms with Gasteiger partial charge in [-0.15, -0.1) is 0 Å². The Morgan fingerprint density at radius 2 is 2.05 bits per heavy atom. The highest BCUT2D eigenvalue weighted by Crippen LogP contribution is 2.34. The van der Waals surface area contributed by atoms with Gasteiger partial charge in [-0.1, -0.05) is 6.92 Å². The first kappa shape index (κ1) is 16.9. The van der Waals surface area contributed by atoms with Crippen LogP contribution in [0.4, 0.5) is 5.69 Å². The maximum atomic E-state index is 11.5. The number of hydrogen-bond acceptors (Lipinski definition) is 5. The number of pyridine rings is 1. The fourth-order valence-electron chi connectivity index (χ4n) is 2.89. The van der Waals surface area contributed by atoms with Crippen molar-refractivity contribution in [1.29, 1.82) is 0 Å². The molecule has 1 aliphatic rings. The lowest BCUT2D eigenvalue weighted by atomic mass is 9.76. The van der Waals surface area contributed by atoms with Crippen LogP contribution in [0.5, 0.6) is 0 Å². The summed E-state index contributed by atoms with van der Waals surface area (Å²) in [5, 5.41) is 3.37. The SMILES string of the molecule is CCC1(CN(C=O)c2ccc(S(C)(=O)=O)nc2)CCNCC1. The van der Waals surface area contributed by atoms with Gasteiger partial charge in [0.2, 0.25) is 6.41 Å². The molecule has 7 heteroatoms. The zero-order valence-corrected chi connectivity index (χ0v) is 13.9. The van der Waals surface area contributed by atoms with Crippen molar-refractivity contribution < 1.29 is 13.2 Å². The molecular weight excluding hydrogens is 302 g/mol. The molecule has 1 aliphatic heterocycles. The molecule has 2 rings (SSSR count). The average molecular weight is 325 g/mol. The number of carbonyl (C=O) groups is 1. The van der Waals surface area contributed by atoms with E-state index in [1.165, 1.54) is 12.3 Å². The van der Waals surface area contributed by atoms with E-state index in [1.54, 1.807) is 11.0 Å². The van der Waals surface area contributed by atoms with E-state index in [9.17, 15) is 13.2 Å². The Morgan fingerprint density at radius 1 is 1.36 bits per heavy atom. The normalized spacial score (nSPS) is 17.9. The lowest BCUT2D eigenvalue weighted by Gasteiger charge is -2.39. The Hall–Kier alpha value is -1.47. The Labute approximate surface area is 131 Å². The highest BCUT2D eigenvalue weighted by molar-refractivity contribution is 7.90. The third-order valence-corrected chi connectivity index (χ3v) is 5.48. The van der Waals surface area contributed by atoms with Crippen molar-refractivity contribution in [3.8, 4) is 0 Å². The molecule has 0 aliphatic carbocycles. The van der Waals surface area contributed by atoms with Crippen LogP contribution in [0.15, 0.2) is 23.4 Å². The van der Waals surface area contributed by atoms with Crippen molar-refractivity contribution in [2.24, 2.45) is 5.41 Å². The van der Waals surface area contributed by atoms with Gasteiger partial charge in [0.25, 0.3) is 0 Å². The highest BCUT2D eigenvalue weighted by atomic mass is 32.2. The summed E-state index contributed by atoms with van der Waals surface area (Å²) >= 11 is 0. The molecule has 6 nitrogen and oxygen atoms in total. The highest BCUT2D eigenvalue weighted by Gasteiger charge is 2.32. The number of nitrogens with one attached hydrogen (secondary N) is 1. The van der Waals surface area contributed by atoms with E-state index in [4.69, 9.17) is 0 Å². The van der Waals surface area contributed by atoms with Crippen LogP contribution in [0, 0.1) is 5.41 Å². The van der Waals surface area contributed by atoms with E-state index in [2.05, 4.69) is 17.2 Å². The minimum absolute atomic E-state index is 0.0224. The fourth-order valence-corrected chi connectivity index (χ4v) is 3.45. The minimum Gasteiger partial charge on any atom is -0.317 e. The second-order valence-electron chi connectivity index (χ2n) is 5.96. The van der Waals surface area contributed by atoms with Crippen molar-refractivity contribution in [3.05, 3.63) is 18.3 Å². The van der Waals surface area contributed by atoms with Gasteiger partial charge in [0, 0.05) is 12.8 Å². The van der Waals surface area contributed by atoms with Crippen LogP contribution < -0.4 is 10.2 Å². The number of rotatable bonds is 6. The Kier molecular flexibility index (Phi) is 5.18. The molecular formula is C15H23N3O3S. The number of sulfone groups is 1. The van der Waals surface area contributed by atoms with E-state index >= 15 is 0 Å². The minimum atomic E-state index is -3.32. The molecule has 1 saturated heterocycles. The van der Waals surface area contributed by atoms with Crippen molar-refractivity contribution in [3.63, 3.8) is 0 Å². The summed E-state index contributed by atoms with van der Waals surface area (Å²) < 4.78 is 22.9. The number of aromatic nitrogens is 1. The Balaban J connectivity index is 2.19. The van der Waals surface area contributed by atoms with Gasteiger partial charge in [0.1, 0.15) is 0 Å². The van der Waals surface area contributed by atoms with Gasteiger partial charge in [-0.05, 0) is 49.9 Å². The van der Waals surface area contributed by atoms with E-state index < -0.39 is 9.84 Å². The first-order valence-corrected chi connectivity index (χ1v) is 9.38. The number of hydrogen-bond donors (Lipinski definition) is 1. The molecule has 0 aromatic carbocycles. The molecule has 0 bridgehead atoms. The van der Waals surface area contributed by atoms with Crippen molar-refractivity contribution in [1.82, 2.24) is 10.3 Å². The third-order valence-electron chi connectivity index (χ3n) is 4.48. The van der Waals surface area contributed by atoms with Gasteiger partial charge in [-0.25, -0.2) is 13.4 Å². The van der Waals surface area contributed by atoms with Gasteiger partial charge in [-0.3, -0.25) is 4.79 Å². The lowest BCUT2D eigenvalue weighted by Crippen LogP contribution is -2.44. The molecule has 0 saturated carbocycles. The van der Waals surface area contributed by atoms with Crippen molar-refractivity contribution in [2.75, 3.05) is 30.8 Å². The average Bonchev–Trinajstić information content (AvgIpc) is 2.53. The molecule has 22 heavy (non-hydrogen) atoms. The third kappa shape index (κ3) is 3.84. The van der Waals surface area contributed by atoms with Crippen LogP contribution in [0.1, 0.15) is 26.2 Å². The first-order valence-electron chi connectivity index (χ1n) is 7.49. The van der Waals surface area contributed by atoms with Crippen LogP contribution in [0.3, 0.4) is 0 Å². The predicted molar refractivity (Wildman–Crippen MR) is 85.6 cm³/mol. The molecule has 0 spiro atoms. The molecule has 1 aromatic rings. The Morgan fingerprint density at radius 3 is 2.50 bits per heavy atom. The summed E-state index contributed by atoms with van der Waals surface area (Å²) in [6.07, 6.45) is 6.44. The zero-order valence-electron chi connectivity index (χ0n) is 13.1. The number of carbonyl (C=O) groups excluding carboxylic acids is 1. The maximum Gasteiger partial charge on any atom is 0.214 e. The second-order valence-corrected chi connectivity index (χ2v) is 7.93. The summed E-state index contributed by atoms with van der Waals surface area (Å²) in [5.74, 6) is 0. The molecule has 1 aromatic heterocycles. The Bertz CT molecular complexity index is 607. The van der Waals surface area contributed by atoms with E-state index in [0.717, 1.165) is 45.0 Å². The largest absolute Gasteiger partial charge is 0.317 e. The number of amides is 1. The lowest BCUT2D eigenvalue weighted by molar-refractivity contribution is -0.107. The zero-order chi connectivity index (χ0) is 16.2. The number of piperidine rings is 1. The van der Waals surface area contributed by atoms with Crippen molar-refractivity contribution in [2.45, 2.75) is 31.2 Å². The van der Waals surface area contributed by atoms with Gasteiger partial charge >= 0.3 is 0 Å². The van der Waals surface area contributed by atoms with Crippen LogP contribution in [-0.4, -0.2) is 45.7 Å². The van der Waals surface area contributed by atoms with E-state index in [1.807, 2.05) is 0 Å². The van der Waals surface area contributed by atoms with E-state index in [-0.39, 0.29) is 10.4 Å². The summed E-state index contributed by atoms with van der Waals surface area (Å²) in [6.45, 7) is 4.71. The predicted octanol–water partition coefficient (Wildman–Crippen LogP) is 1.23. The van der Waals surface area contributed by atoms with E-state index in [0.29, 0.717) is 12.2 Å².